The zero-order valence-corrected chi connectivity index (χ0v) is 31.4. The predicted octanol–water partition coefficient (Wildman–Crippen LogP) is 7.34. The third-order valence-corrected chi connectivity index (χ3v) is 11.1. The van der Waals surface area contributed by atoms with Gasteiger partial charge in [0.15, 0.2) is 0 Å². The third-order valence-electron chi connectivity index (χ3n) is 10.3. The van der Waals surface area contributed by atoms with Gasteiger partial charge >= 0.3 is 5.91 Å². The Morgan fingerprint density at radius 1 is 0.889 bits per heavy atom. The maximum Gasteiger partial charge on any atom is 0.301 e. The molecule has 1 aromatic heterocycles. The van der Waals surface area contributed by atoms with E-state index in [9.17, 15) is 19.2 Å². The Morgan fingerprint density at radius 2 is 1.63 bits per heavy atom. The summed E-state index contributed by atoms with van der Waals surface area (Å²) in [5, 5.41) is 2.52. The van der Waals surface area contributed by atoms with E-state index in [2.05, 4.69) is 35.1 Å². The summed E-state index contributed by atoms with van der Waals surface area (Å²) in [5.41, 5.74) is 6.90. The molecule has 2 aliphatic heterocycles. The number of carbonyl (C=O) groups is 4. The van der Waals surface area contributed by atoms with Gasteiger partial charge in [-0.3, -0.25) is 24.1 Å². The number of aromatic amines is 1. The Labute approximate surface area is 320 Å². The molecule has 2 atom stereocenters. The lowest BCUT2D eigenvalue weighted by molar-refractivity contribution is -0.141. The van der Waals surface area contributed by atoms with E-state index in [-0.39, 0.29) is 23.9 Å². The monoisotopic (exact) mass is 740 g/mol. The number of imidazole rings is 1. The maximum absolute atomic E-state index is 14.2. The van der Waals surface area contributed by atoms with Crippen LogP contribution in [0.3, 0.4) is 0 Å². The third kappa shape index (κ3) is 8.02. The number of hydrogen-bond donors (Lipinski definition) is 2. The molecule has 3 heterocycles. The van der Waals surface area contributed by atoms with E-state index in [1.165, 1.54) is 0 Å². The standard InChI is InChI=1S/C43H44N6O4S/c1-3-47(4-2)38(31-10-6-5-7-11-31)41(51)49-23-9-14-37(49)39-44-27-36(46-39)34-13-8-12-33(26-34)30-17-19-32(20-18-30)40(50)45-35-21-15-29(16-22-35)28-48-24-25-54-43(53)42(48)52/h5-8,10-13,15-22,26-27,37-38H,3-4,9,14,23-25,28H2,1-2H3,(H,44,46)(H,45,50)/t37-,38+/m0/s1. The Morgan fingerprint density at radius 3 is 2.37 bits per heavy atom. The molecule has 11 heteroatoms. The van der Waals surface area contributed by atoms with Gasteiger partial charge in [0.2, 0.25) is 5.91 Å². The van der Waals surface area contributed by atoms with Crippen molar-refractivity contribution in [2.24, 2.45) is 0 Å². The Balaban J connectivity index is 1.00. The van der Waals surface area contributed by atoms with Crippen molar-refractivity contribution in [3.05, 3.63) is 132 Å². The lowest BCUT2D eigenvalue weighted by Crippen LogP contribution is -2.43. The van der Waals surface area contributed by atoms with E-state index in [0.29, 0.717) is 36.6 Å². The van der Waals surface area contributed by atoms with Crippen LogP contribution >= 0.6 is 11.8 Å². The van der Waals surface area contributed by atoms with Gasteiger partial charge in [-0.1, -0.05) is 98.4 Å². The van der Waals surface area contributed by atoms with Gasteiger partial charge in [-0.25, -0.2) is 4.98 Å². The maximum atomic E-state index is 14.2. The first-order chi connectivity index (χ1) is 26.3. The van der Waals surface area contributed by atoms with Crippen molar-refractivity contribution in [1.82, 2.24) is 24.7 Å². The normalized spacial score (nSPS) is 16.5. The van der Waals surface area contributed by atoms with Crippen LogP contribution in [0.5, 0.6) is 0 Å². The van der Waals surface area contributed by atoms with Crippen LogP contribution in [0.25, 0.3) is 22.4 Å². The summed E-state index contributed by atoms with van der Waals surface area (Å²) in [6, 6.07) is 32.6. The summed E-state index contributed by atoms with van der Waals surface area (Å²) >= 11 is 1.06. The van der Waals surface area contributed by atoms with E-state index in [1.807, 2.05) is 96.0 Å². The molecule has 2 N–H and O–H groups in total. The van der Waals surface area contributed by atoms with E-state index in [0.717, 1.165) is 77.0 Å². The van der Waals surface area contributed by atoms with Crippen molar-refractivity contribution >= 4 is 40.3 Å². The minimum absolute atomic E-state index is 0.114. The number of hydrogen-bond acceptors (Lipinski definition) is 7. The number of anilines is 1. The number of H-pyrrole nitrogens is 1. The van der Waals surface area contributed by atoms with E-state index in [4.69, 9.17) is 4.98 Å². The molecule has 0 spiro atoms. The van der Waals surface area contributed by atoms with Gasteiger partial charge in [-0.15, -0.1) is 0 Å². The lowest BCUT2D eigenvalue weighted by atomic mass is 10.0. The molecule has 3 amide bonds. The first-order valence-electron chi connectivity index (χ1n) is 18.5. The highest BCUT2D eigenvalue weighted by molar-refractivity contribution is 8.15. The number of likely N-dealkylation sites (tertiary alicyclic amines) is 1. The first-order valence-corrected chi connectivity index (χ1v) is 19.5. The second kappa shape index (κ2) is 16.7. The SMILES string of the molecule is CCN(CC)[C@@H](C(=O)N1CCC[C@H]1c1ncc(-c2cccc(-c3ccc(C(=O)Nc4ccc(CN5CCSC(=O)C5=O)cc4)cc3)c2)[nH]1)c1ccccc1. The van der Waals surface area contributed by atoms with Gasteiger partial charge in [0.1, 0.15) is 11.9 Å². The average molecular weight is 741 g/mol. The van der Waals surface area contributed by atoms with Crippen molar-refractivity contribution in [2.45, 2.75) is 45.3 Å². The van der Waals surface area contributed by atoms with Crippen LogP contribution in [0.2, 0.25) is 0 Å². The van der Waals surface area contributed by atoms with Crippen LogP contribution in [0.4, 0.5) is 5.69 Å². The van der Waals surface area contributed by atoms with Crippen molar-refractivity contribution in [1.29, 1.82) is 0 Å². The summed E-state index contributed by atoms with van der Waals surface area (Å²) in [7, 11) is 0. The molecule has 0 aliphatic carbocycles. The molecule has 276 valence electrons. The largest absolute Gasteiger partial charge is 0.340 e. The topological polar surface area (TPSA) is 119 Å². The van der Waals surface area contributed by atoms with Crippen LogP contribution in [0.15, 0.2) is 109 Å². The highest BCUT2D eigenvalue weighted by Gasteiger charge is 2.38. The highest BCUT2D eigenvalue weighted by atomic mass is 32.2. The van der Waals surface area contributed by atoms with E-state index < -0.39 is 11.0 Å². The molecule has 7 rings (SSSR count). The zero-order valence-electron chi connectivity index (χ0n) is 30.5. The molecule has 54 heavy (non-hydrogen) atoms. The fourth-order valence-corrected chi connectivity index (χ4v) is 8.10. The molecule has 0 saturated carbocycles. The molecule has 2 saturated heterocycles. The Bertz CT molecular complexity index is 2110. The Kier molecular flexibility index (Phi) is 11.4. The van der Waals surface area contributed by atoms with Crippen molar-refractivity contribution < 1.29 is 19.2 Å². The lowest BCUT2D eigenvalue weighted by Gasteiger charge is -2.34. The molecule has 0 bridgehead atoms. The van der Waals surface area contributed by atoms with Crippen molar-refractivity contribution in [3.63, 3.8) is 0 Å². The van der Waals surface area contributed by atoms with Crippen molar-refractivity contribution in [2.75, 3.05) is 37.2 Å². The summed E-state index contributed by atoms with van der Waals surface area (Å²) < 4.78 is 0. The highest BCUT2D eigenvalue weighted by Crippen LogP contribution is 2.36. The van der Waals surface area contributed by atoms with E-state index >= 15 is 0 Å². The summed E-state index contributed by atoms with van der Waals surface area (Å²) in [6.07, 6.45) is 3.63. The molecular formula is C43H44N6O4S. The quantitative estimate of drug-likeness (QED) is 0.129. The smallest absolute Gasteiger partial charge is 0.301 e. The number of likely N-dealkylation sites (N-methyl/N-ethyl adjacent to an activating group) is 1. The number of benzene rings is 4. The number of carbonyl (C=O) groups excluding carboxylic acids is 4. The molecule has 10 nitrogen and oxygen atoms in total. The van der Waals surface area contributed by atoms with Crippen molar-refractivity contribution in [3.8, 4) is 22.4 Å². The second-order valence-electron chi connectivity index (χ2n) is 13.6. The fraction of sp³-hybridized carbons (Fsp3) is 0.279. The van der Waals surface area contributed by atoms with Crippen LogP contribution in [0, 0.1) is 0 Å². The number of amides is 3. The molecule has 2 aliphatic rings. The minimum Gasteiger partial charge on any atom is -0.340 e. The number of nitrogens with one attached hydrogen (secondary N) is 2. The predicted molar refractivity (Wildman–Crippen MR) is 213 cm³/mol. The number of nitrogens with zero attached hydrogens (tertiary/aromatic N) is 4. The summed E-state index contributed by atoms with van der Waals surface area (Å²) in [5.74, 6) is 0.826. The van der Waals surface area contributed by atoms with Gasteiger partial charge in [-0.2, -0.15) is 0 Å². The average Bonchev–Trinajstić information content (AvgIpc) is 3.91. The zero-order chi connectivity index (χ0) is 37.6. The second-order valence-corrected chi connectivity index (χ2v) is 14.6. The van der Waals surface area contributed by atoms with Gasteiger partial charge < -0.3 is 20.1 Å². The van der Waals surface area contributed by atoms with Gasteiger partial charge in [0.25, 0.3) is 11.0 Å². The molecule has 5 aromatic rings. The minimum atomic E-state index is -0.460. The van der Waals surface area contributed by atoms with Gasteiger partial charge in [-0.05, 0) is 78.5 Å². The molecular weight excluding hydrogens is 697 g/mol. The van der Waals surface area contributed by atoms with Gasteiger partial charge in [0, 0.05) is 42.2 Å². The fourth-order valence-electron chi connectivity index (χ4n) is 7.35. The molecule has 2 fully saturated rings. The van der Waals surface area contributed by atoms with E-state index in [1.54, 1.807) is 17.0 Å². The van der Waals surface area contributed by atoms with Gasteiger partial charge in [0.05, 0.1) is 17.9 Å². The number of aromatic nitrogens is 2. The first kappa shape index (κ1) is 36.8. The molecule has 0 unspecified atom stereocenters. The molecule has 0 radical (unpaired) electrons. The Hall–Kier alpha value is -5.52. The van der Waals surface area contributed by atoms with Crippen LogP contribution in [0.1, 0.15) is 66.1 Å². The summed E-state index contributed by atoms with van der Waals surface area (Å²) in [6.45, 7) is 7.35. The van der Waals surface area contributed by atoms with Crippen LogP contribution in [-0.2, 0) is 20.9 Å². The van der Waals surface area contributed by atoms with Crippen LogP contribution in [-0.4, -0.2) is 79.4 Å². The number of rotatable bonds is 12. The number of thioether (sulfide) groups is 1. The molecule has 4 aromatic carbocycles. The van der Waals surface area contributed by atoms with Crippen LogP contribution < -0.4 is 5.32 Å². The summed E-state index contributed by atoms with van der Waals surface area (Å²) in [4.78, 5) is 65.3.